The van der Waals surface area contributed by atoms with Crippen LogP contribution in [0.4, 0.5) is 0 Å². The first-order valence-corrected chi connectivity index (χ1v) is 9.14. The van der Waals surface area contributed by atoms with Crippen molar-refractivity contribution in [1.82, 2.24) is 9.97 Å². The van der Waals surface area contributed by atoms with Gasteiger partial charge in [0.05, 0.1) is 6.61 Å². The SMILES string of the molecule is CCOC(=O)C=C(c1c(C)[nH]c2ccccc12)c1c(C)[nH]c2ccccc12. The number of nitrogens with one attached hydrogen (secondary N) is 2. The molecule has 0 saturated heterocycles. The summed E-state index contributed by atoms with van der Waals surface area (Å²) in [5, 5.41) is 2.19. The molecule has 2 N–H and O–H groups in total. The molecule has 0 aliphatic heterocycles. The van der Waals surface area contributed by atoms with Crippen molar-refractivity contribution in [2.45, 2.75) is 20.8 Å². The predicted molar refractivity (Wildman–Crippen MR) is 110 cm³/mol. The summed E-state index contributed by atoms with van der Waals surface area (Å²) in [7, 11) is 0. The summed E-state index contributed by atoms with van der Waals surface area (Å²) in [4.78, 5) is 19.3. The van der Waals surface area contributed by atoms with E-state index in [1.54, 1.807) is 6.08 Å². The van der Waals surface area contributed by atoms with Gasteiger partial charge in [-0.2, -0.15) is 0 Å². The highest BCUT2D eigenvalue weighted by Gasteiger charge is 2.21. The Hall–Kier alpha value is -3.27. The van der Waals surface area contributed by atoms with Gasteiger partial charge in [0.15, 0.2) is 0 Å². The van der Waals surface area contributed by atoms with E-state index in [0.717, 1.165) is 49.9 Å². The Balaban J connectivity index is 2.05. The fraction of sp³-hybridized carbons (Fsp3) is 0.174. The third-order valence-corrected chi connectivity index (χ3v) is 4.87. The molecule has 4 nitrogen and oxygen atoms in total. The molecule has 4 rings (SSSR count). The molecule has 0 aliphatic rings. The number of H-pyrrole nitrogens is 2. The Labute approximate surface area is 157 Å². The smallest absolute Gasteiger partial charge is 0.331 e. The van der Waals surface area contributed by atoms with Crippen LogP contribution in [0.15, 0.2) is 54.6 Å². The molecule has 0 radical (unpaired) electrons. The van der Waals surface area contributed by atoms with Crippen LogP contribution in [0.1, 0.15) is 29.4 Å². The van der Waals surface area contributed by atoms with E-state index in [2.05, 4.69) is 34.2 Å². The van der Waals surface area contributed by atoms with E-state index in [9.17, 15) is 4.79 Å². The van der Waals surface area contributed by atoms with Gasteiger partial charge in [0.2, 0.25) is 0 Å². The van der Waals surface area contributed by atoms with E-state index in [4.69, 9.17) is 4.74 Å². The molecule has 2 aromatic heterocycles. The van der Waals surface area contributed by atoms with Gasteiger partial charge in [0.1, 0.15) is 0 Å². The summed E-state index contributed by atoms with van der Waals surface area (Å²) < 4.78 is 5.24. The van der Waals surface area contributed by atoms with Crippen molar-refractivity contribution in [1.29, 1.82) is 0 Å². The highest BCUT2D eigenvalue weighted by Crippen LogP contribution is 2.37. The Morgan fingerprint density at radius 1 is 0.889 bits per heavy atom. The zero-order valence-corrected chi connectivity index (χ0v) is 15.7. The zero-order chi connectivity index (χ0) is 19.0. The molecule has 0 spiro atoms. The monoisotopic (exact) mass is 358 g/mol. The van der Waals surface area contributed by atoms with Crippen molar-refractivity contribution >= 4 is 33.3 Å². The molecule has 0 atom stereocenters. The van der Waals surface area contributed by atoms with Crippen molar-refractivity contribution in [3.63, 3.8) is 0 Å². The van der Waals surface area contributed by atoms with Crippen molar-refractivity contribution in [3.05, 3.63) is 77.1 Å². The van der Waals surface area contributed by atoms with Crippen LogP contribution >= 0.6 is 0 Å². The molecule has 0 saturated carbocycles. The highest BCUT2D eigenvalue weighted by molar-refractivity contribution is 6.09. The van der Waals surface area contributed by atoms with Gasteiger partial charge in [-0.15, -0.1) is 0 Å². The highest BCUT2D eigenvalue weighted by atomic mass is 16.5. The zero-order valence-electron chi connectivity index (χ0n) is 15.7. The van der Waals surface area contributed by atoms with Gasteiger partial charge in [0, 0.05) is 56.0 Å². The summed E-state index contributed by atoms with van der Waals surface area (Å²) in [6.45, 7) is 6.25. The second-order valence-electron chi connectivity index (χ2n) is 6.65. The van der Waals surface area contributed by atoms with Crippen LogP contribution in [0.25, 0.3) is 27.4 Å². The fourth-order valence-electron chi connectivity index (χ4n) is 3.82. The molecule has 0 amide bonds. The first kappa shape index (κ1) is 17.2. The van der Waals surface area contributed by atoms with Gasteiger partial charge < -0.3 is 14.7 Å². The molecular weight excluding hydrogens is 336 g/mol. The Bertz CT molecular complexity index is 1100. The van der Waals surface area contributed by atoms with Crippen LogP contribution in [0.5, 0.6) is 0 Å². The summed E-state index contributed by atoms with van der Waals surface area (Å²) in [6.07, 6.45) is 1.62. The lowest BCUT2D eigenvalue weighted by molar-refractivity contribution is -0.137. The number of carbonyl (C=O) groups excluding carboxylic acids is 1. The number of rotatable bonds is 4. The molecule has 4 aromatic rings. The number of hydrogen-bond acceptors (Lipinski definition) is 2. The standard InChI is InChI=1S/C23H22N2O2/c1-4-27-21(26)13-18(22-14(2)24-19-11-7-5-9-16(19)22)23-15(3)25-20-12-8-6-10-17(20)23/h5-13,24-25H,4H2,1-3H3. The largest absolute Gasteiger partial charge is 0.463 e. The Morgan fingerprint density at radius 3 is 1.85 bits per heavy atom. The predicted octanol–water partition coefficient (Wildman–Crippen LogP) is 5.26. The van der Waals surface area contributed by atoms with E-state index < -0.39 is 0 Å². The van der Waals surface area contributed by atoms with Crippen molar-refractivity contribution in [2.24, 2.45) is 0 Å². The van der Waals surface area contributed by atoms with Gasteiger partial charge in [-0.05, 0) is 32.9 Å². The second kappa shape index (κ2) is 6.80. The number of aromatic nitrogens is 2. The topological polar surface area (TPSA) is 57.9 Å². The van der Waals surface area contributed by atoms with Crippen molar-refractivity contribution in [3.8, 4) is 0 Å². The minimum Gasteiger partial charge on any atom is -0.463 e. The number of aromatic amines is 2. The van der Waals surface area contributed by atoms with Gasteiger partial charge >= 0.3 is 5.97 Å². The lowest BCUT2D eigenvalue weighted by Gasteiger charge is -2.10. The van der Waals surface area contributed by atoms with E-state index in [1.807, 2.05) is 45.0 Å². The first-order valence-electron chi connectivity index (χ1n) is 9.14. The average molecular weight is 358 g/mol. The maximum atomic E-state index is 12.4. The molecular formula is C23H22N2O2. The molecule has 0 unspecified atom stereocenters. The maximum absolute atomic E-state index is 12.4. The van der Waals surface area contributed by atoms with Crippen LogP contribution in [-0.2, 0) is 9.53 Å². The maximum Gasteiger partial charge on any atom is 0.331 e. The summed E-state index contributed by atoms with van der Waals surface area (Å²) in [5.74, 6) is -0.332. The van der Waals surface area contributed by atoms with Crippen molar-refractivity contribution in [2.75, 3.05) is 6.61 Å². The summed E-state index contributed by atoms with van der Waals surface area (Å²) in [5.41, 5.74) is 7.10. The third kappa shape index (κ3) is 2.93. The summed E-state index contributed by atoms with van der Waals surface area (Å²) in [6, 6.07) is 16.3. The van der Waals surface area contributed by atoms with E-state index in [1.165, 1.54) is 0 Å². The lowest BCUT2D eigenvalue weighted by Crippen LogP contribution is -2.02. The van der Waals surface area contributed by atoms with Gasteiger partial charge in [-0.25, -0.2) is 4.79 Å². The minimum absolute atomic E-state index is 0.332. The number of fused-ring (bicyclic) bond motifs is 2. The number of carbonyl (C=O) groups is 1. The quantitative estimate of drug-likeness (QED) is 0.386. The first-order chi connectivity index (χ1) is 13.1. The average Bonchev–Trinajstić information content (AvgIpc) is 3.15. The number of benzene rings is 2. The number of ether oxygens (including phenoxy) is 1. The van der Waals surface area contributed by atoms with Crippen molar-refractivity contribution < 1.29 is 9.53 Å². The van der Waals surface area contributed by atoms with Gasteiger partial charge in [-0.3, -0.25) is 0 Å². The lowest BCUT2D eigenvalue weighted by atomic mass is 9.93. The number of aryl methyl sites for hydroxylation is 2. The Kier molecular flexibility index (Phi) is 4.32. The molecule has 0 fully saturated rings. The molecule has 27 heavy (non-hydrogen) atoms. The molecule has 2 heterocycles. The van der Waals surface area contributed by atoms with Crippen LogP contribution in [0.2, 0.25) is 0 Å². The van der Waals surface area contributed by atoms with Gasteiger partial charge in [0.25, 0.3) is 0 Å². The van der Waals surface area contributed by atoms with Gasteiger partial charge in [-0.1, -0.05) is 36.4 Å². The van der Waals surface area contributed by atoms with E-state index in [0.29, 0.717) is 6.61 Å². The van der Waals surface area contributed by atoms with Crippen LogP contribution in [0, 0.1) is 13.8 Å². The fourth-order valence-corrected chi connectivity index (χ4v) is 3.82. The third-order valence-electron chi connectivity index (χ3n) is 4.87. The molecule has 2 aromatic carbocycles. The minimum atomic E-state index is -0.332. The Morgan fingerprint density at radius 2 is 1.37 bits per heavy atom. The molecule has 136 valence electrons. The number of para-hydroxylation sites is 2. The normalized spacial score (nSPS) is 11.1. The van der Waals surface area contributed by atoms with Crippen LogP contribution in [-0.4, -0.2) is 22.5 Å². The van der Waals surface area contributed by atoms with E-state index >= 15 is 0 Å². The van der Waals surface area contributed by atoms with Crippen LogP contribution in [0.3, 0.4) is 0 Å². The molecule has 4 heteroatoms. The van der Waals surface area contributed by atoms with Crippen LogP contribution < -0.4 is 0 Å². The molecule has 0 aliphatic carbocycles. The molecule has 0 bridgehead atoms. The second-order valence-corrected chi connectivity index (χ2v) is 6.65. The number of esters is 1. The van der Waals surface area contributed by atoms with E-state index in [-0.39, 0.29) is 5.97 Å². The summed E-state index contributed by atoms with van der Waals surface area (Å²) >= 11 is 0. The number of hydrogen-bond donors (Lipinski definition) is 2.